The number of aliphatic hydroxyl groups is 1. The predicted molar refractivity (Wildman–Crippen MR) is 54.9 cm³/mol. The molecule has 13 heavy (non-hydrogen) atoms. The quantitative estimate of drug-likeness (QED) is 0.707. The zero-order valence-corrected chi connectivity index (χ0v) is 9.48. The zero-order valence-electron chi connectivity index (χ0n) is 8.66. The lowest BCUT2D eigenvalue weighted by Gasteiger charge is -2.21. The van der Waals surface area contributed by atoms with E-state index in [0.717, 1.165) is 5.75 Å². The molecular formula is C9H18O3S. The summed E-state index contributed by atoms with van der Waals surface area (Å²) in [7, 11) is 0. The van der Waals surface area contributed by atoms with Crippen molar-refractivity contribution in [3.05, 3.63) is 0 Å². The summed E-state index contributed by atoms with van der Waals surface area (Å²) in [6.07, 6.45) is 1.41. The molecule has 0 bridgehead atoms. The number of esters is 1. The smallest absolute Gasteiger partial charge is 0.335 e. The van der Waals surface area contributed by atoms with E-state index in [1.54, 1.807) is 32.5 Å². The van der Waals surface area contributed by atoms with E-state index in [2.05, 4.69) is 0 Å². The van der Waals surface area contributed by atoms with Crippen molar-refractivity contribution in [2.75, 3.05) is 12.0 Å². The molecule has 0 aromatic rings. The molecule has 1 atom stereocenters. The molecule has 1 N–H and O–H groups in total. The second-order valence-corrected chi connectivity index (χ2v) is 4.82. The highest BCUT2D eigenvalue weighted by atomic mass is 32.2. The third kappa shape index (κ3) is 6.90. The van der Waals surface area contributed by atoms with Gasteiger partial charge in [-0.05, 0) is 39.2 Å². The van der Waals surface area contributed by atoms with Gasteiger partial charge in [0, 0.05) is 0 Å². The molecule has 0 aliphatic rings. The first-order valence-electron chi connectivity index (χ1n) is 4.26. The molecule has 1 unspecified atom stereocenters. The number of carbonyl (C=O) groups excluding carboxylic acids is 1. The lowest BCUT2D eigenvalue weighted by molar-refractivity contribution is -0.165. The van der Waals surface area contributed by atoms with E-state index in [1.165, 1.54) is 0 Å². The van der Waals surface area contributed by atoms with Crippen molar-refractivity contribution in [1.29, 1.82) is 0 Å². The minimum absolute atomic E-state index is 0.454. The Morgan fingerprint density at radius 3 is 2.46 bits per heavy atom. The molecule has 0 rings (SSSR count). The maximum Gasteiger partial charge on any atom is 0.335 e. The average Bonchev–Trinajstić information content (AvgIpc) is 1.96. The van der Waals surface area contributed by atoms with Crippen LogP contribution in [0.15, 0.2) is 0 Å². The molecule has 0 aromatic carbocycles. The largest absolute Gasteiger partial charge is 0.458 e. The monoisotopic (exact) mass is 206 g/mol. The molecule has 0 amide bonds. The molecule has 3 nitrogen and oxygen atoms in total. The van der Waals surface area contributed by atoms with Crippen LogP contribution in [0.3, 0.4) is 0 Å². The molecule has 4 heteroatoms. The maximum atomic E-state index is 11.2. The summed E-state index contributed by atoms with van der Waals surface area (Å²) in [5, 5.41) is 9.32. The number of thioether (sulfide) groups is 1. The van der Waals surface area contributed by atoms with E-state index in [0.29, 0.717) is 6.42 Å². The Morgan fingerprint density at radius 1 is 1.54 bits per heavy atom. The standard InChI is InChI=1S/C9H18O3S/c1-9(2,3)12-8(11)7(10)5-6-13-4/h7,10H,5-6H2,1-4H3. The van der Waals surface area contributed by atoms with Crippen LogP contribution in [0.1, 0.15) is 27.2 Å². The van der Waals surface area contributed by atoms with Crippen molar-refractivity contribution in [2.24, 2.45) is 0 Å². The fourth-order valence-corrected chi connectivity index (χ4v) is 1.18. The summed E-state index contributed by atoms with van der Waals surface area (Å²) in [4.78, 5) is 11.2. The summed E-state index contributed by atoms with van der Waals surface area (Å²) >= 11 is 1.60. The van der Waals surface area contributed by atoms with Gasteiger partial charge in [0.15, 0.2) is 6.10 Å². The molecule has 0 aliphatic carbocycles. The Morgan fingerprint density at radius 2 is 2.08 bits per heavy atom. The van der Waals surface area contributed by atoms with Crippen molar-refractivity contribution >= 4 is 17.7 Å². The lowest BCUT2D eigenvalue weighted by Crippen LogP contribution is -2.32. The zero-order chi connectivity index (χ0) is 10.5. The van der Waals surface area contributed by atoms with Gasteiger partial charge in [-0.1, -0.05) is 0 Å². The van der Waals surface area contributed by atoms with Crippen LogP contribution in [0.4, 0.5) is 0 Å². The van der Waals surface area contributed by atoms with Crippen LogP contribution in [-0.2, 0) is 9.53 Å². The molecule has 0 radical (unpaired) electrons. The minimum Gasteiger partial charge on any atom is -0.458 e. The van der Waals surface area contributed by atoms with Gasteiger partial charge >= 0.3 is 5.97 Å². The van der Waals surface area contributed by atoms with Crippen molar-refractivity contribution in [2.45, 2.75) is 38.9 Å². The van der Waals surface area contributed by atoms with Gasteiger partial charge < -0.3 is 9.84 Å². The van der Waals surface area contributed by atoms with Crippen LogP contribution in [0.25, 0.3) is 0 Å². The summed E-state index contributed by atoms with van der Waals surface area (Å²) in [6.45, 7) is 5.35. The van der Waals surface area contributed by atoms with Crippen LogP contribution < -0.4 is 0 Å². The molecule has 0 aliphatic heterocycles. The lowest BCUT2D eigenvalue weighted by atomic mass is 10.2. The van der Waals surface area contributed by atoms with Crippen LogP contribution in [-0.4, -0.2) is 34.8 Å². The van der Waals surface area contributed by atoms with E-state index in [-0.39, 0.29) is 0 Å². The Kier molecular flexibility index (Phi) is 5.40. The first kappa shape index (κ1) is 12.8. The first-order valence-corrected chi connectivity index (χ1v) is 5.66. The van der Waals surface area contributed by atoms with Gasteiger partial charge in [0.25, 0.3) is 0 Å². The van der Waals surface area contributed by atoms with Gasteiger partial charge in [0.2, 0.25) is 0 Å². The van der Waals surface area contributed by atoms with E-state index < -0.39 is 17.7 Å². The Bertz CT molecular complexity index is 163. The highest BCUT2D eigenvalue weighted by Crippen LogP contribution is 2.10. The predicted octanol–water partition coefficient (Wildman–Crippen LogP) is 1.44. The van der Waals surface area contributed by atoms with Gasteiger partial charge in [0.1, 0.15) is 5.60 Å². The fraction of sp³-hybridized carbons (Fsp3) is 0.889. The molecule has 0 aromatic heterocycles. The first-order chi connectivity index (χ1) is 5.87. The molecule has 0 saturated heterocycles. The second kappa shape index (κ2) is 5.50. The van der Waals surface area contributed by atoms with Crippen molar-refractivity contribution in [3.63, 3.8) is 0 Å². The van der Waals surface area contributed by atoms with Gasteiger partial charge in [-0.15, -0.1) is 0 Å². The SMILES string of the molecule is CSCCC(O)C(=O)OC(C)(C)C. The highest BCUT2D eigenvalue weighted by molar-refractivity contribution is 7.98. The second-order valence-electron chi connectivity index (χ2n) is 3.83. The molecule has 0 fully saturated rings. The average molecular weight is 206 g/mol. The van der Waals surface area contributed by atoms with Crippen LogP contribution in [0, 0.1) is 0 Å². The topological polar surface area (TPSA) is 46.5 Å². The normalized spacial score (nSPS) is 13.9. The van der Waals surface area contributed by atoms with E-state index in [4.69, 9.17) is 4.74 Å². The number of hydrogen-bond acceptors (Lipinski definition) is 4. The van der Waals surface area contributed by atoms with Crippen LogP contribution >= 0.6 is 11.8 Å². The van der Waals surface area contributed by atoms with Gasteiger partial charge in [0.05, 0.1) is 0 Å². The number of carbonyl (C=O) groups is 1. The summed E-state index contributed by atoms with van der Waals surface area (Å²) < 4.78 is 5.00. The molecular weight excluding hydrogens is 188 g/mol. The van der Waals surface area contributed by atoms with Crippen LogP contribution in [0.2, 0.25) is 0 Å². The maximum absolute atomic E-state index is 11.2. The summed E-state index contributed by atoms with van der Waals surface area (Å²) in [5.74, 6) is 0.238. The molecule has 0 spiro atoms. The number of ether oxygens (including phenoxy) is 1. The minimum atomic E-state index is -0.980. The Labute approximate surface area is 83.9 Å². The highest BCUT2D eigenvalue weighted by Gasteiger charge is 2.22. The summed E-state index contributed by atoms with van der Waals surface area (Å²) in [5.41, 5.74) is -0.516. The van der Waals surface area contributed by atoms with E-state index >= 15 is 0 Å². The van der Waals surface area contributed by atoms with Gasteiger partial charge in [-0.2, -0.15) is 11.8 Å². The van der Waals surface area contributed by atoms with Crippen LogP contribution in [0.5, 0.6) is 0 Å². The molecule has 0 saturated carbocycles. The fourth-order valence-electron chi connectivity index (χ4n) is 0.717. The number of hydrogen-bond donors (Lipinski definition) is 1. The third-order valence-electron chi connectivity index (χ3n) is 1.27. The summed E-state index contributed by atoms with van der Waals surface area (Å²) in [6, 6.07) is 0. The molecule has 0 heterocycles. The number of rotatable bonds is 4. The third-order valence-corrected chi connectivity index (χ3v) is 1.92. The Hall–Kier alpha value is -0.220. The van der Waals surface area contributed by atoms with E-state index in [1.807, 2.05) is 6.26 Å². The van der Waals surface area contributed by atoms with E-state index in [9.17, 15) is 9.90 Å². The Balaban J connectivity index is 3.83. The van der Waals surface area contributed by atoms with Crippen molar-refractivity contribution in [3.8, 4) is 0 Å². The van der Waals surface area contributed by atoms with Crippen molar-refractivity contribution < 1.29 is 14.6 Å². The van der Waals surface area contributed by atoms with Gasteiger partial charge in [-0.3, -0.25) is 0 Å². The number of aliphatic hydroxyl groups excluding tert-OH is 1. The van der Waals surface area contributed by atoms with Crippen molar-refractivity contribution in [1.82, 2.24) is 0 Å². The van der Waals surface area contributed by atoms with Gasteiger partial charge in [-0.25, -0.2) is 4.79 Å². The molecule has 78 valence electrons.